The SMILES string of the molecule is N[C@H](C=O)CSCC(=O)O. The fraction of sp³-hybridized carbons (Fsp3) is 0.600. The van der Waals surface area contributed by atoms with Crippen molar-refractivity contribution in [3.05, 3.63) is 0 Å². The van der Waals surface area contributed by atoms with Gasteiger partial charge in [0.05, 0.1) is 11.8 Å². The quantitative estimate of drug-likeness (QED) is 0.525. The van der Waals surface area contributed by atoms with E-state index in [1.807, 2.05) is 0 Å². The highest BCUT2D eigenvalue weighted by atomic mass is 32.2. The first-order valence-corrected chi connectivity index (χ1v) is 3.82. The number of carbonyl (C=O) groups excluding carboxylic acids is 1. The minimum atomic E-state index is -0.886. The Morgan fingerprint density at radius 3 is 2.80 bits per heavy atom. The third kappa shape index (κ3) is 5.58. The first-order valence-electron chi connectivity index (χ1n) is 2.67. The van der Waals surface area contributed by atoms with Crippen LogP contribution in [0.15, 0.2) is 0 Å². The molecule has 0 aromatic rings. The van der Waals surface area contributed by atoms with Gasteiger partial charge in [0.15, 0.2) is 0 Å². The minimum Gasteiger partial charge on any atom is -0.481 e. The van der Waals surface area contributed by atoms with E-state index in [9.17, 15) is 9.59 Å². The summed E-state index contributed by atoms with van der Waals surface area (Å²) in [5.41, 5.74) is 5.18. The van der Waals surface area contributed by atoms with Crippen LogP contribution in [0.1, 0.15) is 0 Å². The molecule has 0 saturated carbocycles. The molecule has 0 saturated heterocycles. The monoisotopic (exact) mass is 163 g/mol. The van der Waals surface area contributed by atoms with Gasteiger partial charge in [0, 0.05) is 5.75 Å². The molecule has 0 amide bonds. The molecule has 0 aromatic carbocycles. The van der Waals surface area contributed by atoms with Crippen LogP contribution in [0.2, 0.25) is 0 Å². The Morgan fingerprint density at radius 1 is 1.80 bits per heavy atom. The Bertz CT molecular complexity index is 128. The zero-order chi connectivity index (χ0) is 7.98. The van der Waals surface area contributed by atoms with Crippen molar-refractivity contribution in [1.29, 1.82) is 0 Å². The lowest BCUT2D eigenvalue weighted by molar-refractivity contribution is -0.133. The van der Waals surface area contributed by atoms with Crippen molar-refractivity contribution < 1.29 is 14.7 Å². The molecule has 5 heteroatoms. The van der Waals surface area contributed by atoms with E-state index in [0.717, 1.165) is 11.8 Å². The number of nitrogens with two attached hydrogens (primary N) is 1. The summed E-state index contributed by atoms with van der Waals surface area (Å²) in [6.07, 6.45) is 0.606. The van der Waals surface area contributed by atoms with E-state index in [1.165, 1.54) is 0 Å². The summed E-state index contributed by atoms with van der Waals surface area (Å²) in [4.78, 5) is 19.8. The number of aliphatic carboxylic acids is 1. The van der Waals surface area contributed by atoms with Gasteiger partial charge in [-0.05, 0) is 0 Å². The molecule has 0 heterocycles. The highest BCUT2D eigenvalue weighted by Crippen LogP contribution is 1.99. The molecule has 0 aliphatic carbocycles. The molecule has 3 N–H and O–H groups in total. The van der Waals surface area contributed by atoms with Crippen molar-refractivity contribution in [3.8, 4) is 0 Å². The van der Waals surface area contributed by atoms with Gasteiger partial charge < -0.3 is 15.6 Å². The molecule has 0 aromatic heterocycles. The second-order valence-electron chi connectivity index (χ2n) is 1.71. The normalized spacial score (nSPS) is 12.5. The summed E-state index contributed by atoms with van der Waals surface area (Å²) in [5.74, 6) is -0.514. The van der Waals surface area contributed by atoms with Crippen molar-refractivity contribution in [3.63, 3.8) is 0 Å². The average molecular weight is 163 g/mol. The van der Waals surface area contributed by atoms with E-state index in [-0.39, 0.29) is 5.75 Å². The molecule has 0 unspecified atom stereocenters. The van der Waals surface area contributed by atoms with Gasteiger partial charge in [0.1, 0.15) is 6.29 Å². The number of aldehydes is 1. The van der Waals surface area contributed by atoms with Crippen LogP contribution in [0.3, 0.4) is 0 Å². The molecular formula is C5H9NO3S. The van der Waals surface area contributed by atoms with Gasteiger partial charge in [-0.1, -0.05) is 0 Å². The Kier molecular flexibility index (Phi) is 4.96. The average Bonchev–Trinajstić information content (AvgIpc) is 1.87. The standard InChI is InChI=1S/C5H9NO3S/c6-4(1-7)2-10-3-5(8)9/h1,4H,2-3,6H2,(H,8,9)/t4-/m1/s1. The molecule has 0 rings (SSSR count). The zero-order valence-electron chi connectivity index (χ0n) is 5.32. The predicted octanol–water partition coefficient (Wildman–Crippen LogP) is -0.670. The Morgan fingerprint density at radius 2 is 2.40 bits per heavy atom. The number of carbonyl (C=O) groups is 2. The third-order valence-corrected chi connectivity index (χ3v) is 1.78. The predicted molar refractivity (Wildman–Crippen MR) is 39.0 cm³/mol. The number of thioether (sulfide) groups is 1. The van der Waals surface area contributed by atoms with Gasteiger partial charge in [-0.25, -0.2) is 0 Å². The summed E-state index contributed by atoms with van der Waals surface area (Å²) in [6.45, 7) is 0. The topological polar surface area (TPSA) is 80.4 Å². The van der Waals surface area contributed by atoms with Gasteiger partial charge in [-0.15, -0.1) is 11.8 Å². The maximum Gasteiger partial charge on any atom is 0.313 e. The van der Waals surface area contributed by atoms with Crippen LogP contribution < -0.4 is 5.73 Å². The van der Waals surface area contributed by atoms with Gasteiger partial charge in [0.25, 0.3) is 0 Å². The molecule has 0 fully saturated rings. The fourth-order valence-electron chi connectivity index (χ4n) is 0.322. The maximum absolute atomic E-state index is 9.92. The zero-order valence-corrected chi connectivity index (χ0v) is 6.13. The number of rotatable bonds is 5. The van der Waals surface area contributed by atoms with E-state index in [4.69, 9.17) is 10.8 Å². The molecule has 0 spiro atoms. The number of carboxylic acids is 1. The van der Waals surface area contributed by atoms with Crippen molar-refractivity contribution in [2.75, 3.05) is 11.5 Å². The van der Waals surface area contributed by atoms with E-state index in [0.29, 0.717) is 12.0 Å². The molecule has 4 nitrogen and oxygen atoms in total. The van der Waals surface area contributed by atoms with Crippen molar-refractivity contribution in [2.24, 2.45) is 5.73 Å². The van der Waals surface area contributed by atoms with Crippen LogP contribution in [0, 0.1) is 0 Å². The van der Waals surface area contributed by atoms with Crippen molar-refractivity contribution >= 4 is 24.0 Å². The second kappa shape index (κ2) is 5.25. The van der Waals surface area contributed by atoms with E-state index in [1.54, 1.807) is 0 Å². The Labute approximate surface area is 62.8 Å². The van der Waals surface area contributed by atoms with E-state index >= 15 is 0 Å². The van der Waals surface area contributed by atoms with Crippen LogP contribution >= 0.6 is 11.8 Å². The van der Waals surface area contributed by atoms with Gasteiger partial charge in [-0.3, -0.25) is 4.79 Å². The summed E-state index contributed by atoms with van der Waals surface area (Å²) in [5, 5.41) is 8.15. The lowest BCUT2D eigenvalue weighted by Gasteiger charge is -1.99. The molecule has 0 bridgehead atoms. The van der Waals surface area contributed by atoms with E-state index < -0.39 is 12.0 Å². The number of hydrogen-bond donors (Lipinski definition) is 2. The molecule has 0 radical (unpaired) electrons. The molecule has 58 valence electrons. The largest absolute Gasteiger partial charge is 0.481 e. The Hall–Kier alpha value is -0.550. The molecule has 10 heavy (non-hydrogen) atoms. The molecule has 0 aliphatic rings. The fourth-order valence-corrected chi connectivity index (χ4v) is 0.965. The van der Waals surface area contributed by atoms with E-state index in [2.05, 4.69) is 0 Å². The smallest absolute Gasteiger partial charge is 0.313 e. The molecular weight excluding hydrogens is 154 g/mol. The first kappa shape index (κ1) is 9.45. The summed E-state index contributed by atoms with van der Waals surface area (Å²) < 4.78 is 0. The van der Waals surface area contributed by atoms with Crippen molar-refractivity contribution in [1.82, 2.24) is 0 Å². The summed E-state index contributed by atoms with van der Waals surface area (Å²) in [6, 6.07) is -0.538. The van der Waals surface area contributed by atoms with Gasteiger partial charge in [-0.2, -0.15) is 0 Å². The third-order valence-electron chi connectivity index (χ3n) is 0.711. The number of carboxylic acid groups (broad SMARTS) is 1. The maximum atomic E-state index is 9.92. The van der Waals surface area contributed by atoms with Gasteiger partial charge in [0.2, 0.25) is 0 Å². The highest BCUT2D eigenvalue weighted by Gasteiger charge is 2.01. The minimum absolute atomic E-state index is 0.00153. The van der Waals surface area contributed by atoms with Crippen LogP contribution in [0.5, 0.6) is 0 Å². The lowest BCUT2D eigenvalue weighted by atomic mass is 10.4. The highest BCUT2D eigenvalue weighted by molar-refractivity contribution is 8.00. The van der Waals surface area contributed by atoms with Crippen LogP contribution in [0.25, 0.3) is 0 Å². The van der Waals surface area contributed by atoms with Crippen LogP contribution in [-0.2, 0) is 9.59 Å². The molecule has 0 aliphatic heterocycles. The summed E-state index contributed by atoms with van der Waals surface area (Å²) >= 11 is 1.14. The first-order chi connectivity index (χ1) is 4.66. The molecule has 1 atom stereocenters. The van der Waals surface area contributed by atoms with Gasteiger partial charge >= 0.3 is 5.97 Å². The second-order valence-corrected chi connectivity index (χ2v) is 2.74. The van der Waals surface area contributed by atoms with Crippen LogP contribution in [-0.4, -0.2) is 34.9 Å². The van der Waals surface area contributed by atoms with Crippen molar-refractivity contribution in [2.45, 2.75) is 6.04 Å². The summed E-state index contributed by atoms with van der Waals surface area (Å²) in [7, 11) is 0. The van der Waals surface area contributed by atoms with Crippen LogP contribution in [0.4, 0.5) is 0 Å². The Balaban J connectivity index is 3.19. The number of hydrogen-bond acceptors (Lipinski definition) is 4. The lowest BCUT2D eigenvalue weighted by Crippen LogP contribution is -2.24.